The maximum absolute atomic E-state index is 12.9. The van der Waals surface area contributed by atoms with Crippen molar-refractivity contribution < 1.29 is 14.6 Å². The zero-order valence-electron chi connectivity index (χ0n) is 17.1. The molecule has 0 bridgehead atoms. The molecule has 8 nitrogen and oxygen atoms in total. The van der Waals surface area contributed by atoms with Gasteiger partial charge in [0.1, 0.15) is 11.6 Å². The number of carboxylic acids is 1. The minimum atomic E-state index is -1.20. The molecule has 3 atom stereocenters. The number of nitroso groups, excluding NO2 is 1. The molecule has 1 aromatic heterocycles. The third-order valence-corrected chi connectivity index (χ3v) is 6.72. The fourth-order valence-corrected chi connectivity index (χ4v) is 5.24. The Balaban J connectivity index is 1.82. The van der Waals surface area contributed by atoms with Crippen LogP contribution in [0.1, 0.15) is 41.2 Å². The van der Waals surface area contributed by atoms with Gasteiger partial charge in [-0.05, 0) is 43.1 Å². The Morgan fingerprint density at radius 2 is 2.13 bits per heavy atom. The highest BCUT2D eigenvalue weighted by molar-refractivity contribution is 7.28. The van der Waals surface area contributed by atoms with Crippen LogP contribution in [0.4, 0.5) is 5.69 Å². The van der Waals surface area contributed by atoms with Crippen LogP contribution in [0, 0.1) is 17.7 Å². The molecule has 0 radical (unpaired) electrons. The van der Waals surface area contributed by atoms with Crippen molar-refractivity contribution >= 4 is 37.1 Å². The first-order valence-electron chi connectivity index (χ1n) is 10.1. The predicted molar refractivity (Wildman–Crippen MR) is 119 cm³/mol. The van der Waals surface area contributed by atoms with E-state index in [1.54, 1.807) is 13.2 Å². The molecule has 1 N–H and O–H groups in total. The van der Waals surface area contributed by atoms with Crippen molar-refractivity contribution in [3.8, 4) is 0 Å². The van der Waals surface area contributed by atoms with Crippen molar-refractivity contribution in [1.82, 2.24) is 4.57 Å². The van der Waals surface area contributed by atoms with Crippen LogP contribution in [0.15, 0.2) is 22.2 Å². The van der Waals surface area contributed by atoms with Crippen LogP contribution in [0.5, 0.6) is 0 Å². The molecule has 1 saturated heterocycles. The Kier molecular flexibility index (Phi) is 5.64. The second kappa shape index (κ2) is 8.08. The molecule has 160 valence electrons. The van der Waals surface area contributed by atoms with Crippen molar-refractivity contribution in [1.29, 1.82) is 0 Å². The van der Waals surface area contributed by atoms with Gasteiger partial charge in [0.25, 0.3) is 0 Å². The average molecular weight is 431 g/mol. The molecule has 1 aromatic carbocycles. The van der Waals surface area contributed by atoms with Crippen LogP contribution < -0.4 is 15.6 Å². The normalized spacial score (nSPS) is 20.0. The fraction of sp³-hybridized carbons (Fsp3) is 0.524. The van der Waals surface area contributed by atoms with E-state index in [0.717, 1.165) is 47.9 Å². The molecule has 30 heavy (non-hydrogen) atoms. The molecule has 1 aliphatic heterocycles. The van der Waals surface area contributed by atoms with Gasteiger partial charge in [0.2, 0.25) is 5.43 Å². The van der Waals surface area contributed by atoms with Gasteiger partial charge >= 0.3 is 5.97 Å². The minimum Gasteiger partial charge on any atom is -0.477 e. The summed E-state index contributed by atoms with van der Waals surface area (Å²) in [6.45, 7) is 3.77. The summed E-state index contributed by atoms with van der Waals surface area (Å²) in [7, 11) is 4.26. The zero-order chi connectivity index (χ0) is 21.6. The van der Waals surface area contributed by atoms with E-state index in [2.05, 4.69) is 19.3 Å². The van der Waals surface area contributed by atoms with Crippen molar-refractivity contribution in [3.63, 3.8) is 0 Å². The highest BCUT2D eigenvalue weighted by atomic mass is 31.0. The number of hydrogen-bond acceptors (Lipinski definition) is 6. The molecule has 4 rings (SSSR count). The molecule has 2 fully saturated rings. The topological polar surface area (TPSA) is 101 Å². The number of benzene rings is 1. The van der Waals surface area contributed by atoms with Gasteiger partial charge in [0.05, 0.1) is 12.1 Å². The quantitative estimate of drug-likeness (QED) is 0.534. The Labute approximate surface area is 176 Å². The second-order valence-corrected chi connectivity index (χ2v) is 8.90. The van der Waals surface area contributed by atoms with E-state index in [9.17, 15) is 19.6 Å². The standard InChI is InChI=1S/C21H26N3O5P/c1-11-18-14(20(25)15(21(26)27)9-24(18)13-3-4-13)7-17(30)19(11)23-6-5-12(8-23)16(22-28)10-29-2/h7,9,12-13,16H,3-6,8,10,30H2,1-2H3,(H,26,27). The van der Waals surface area contributed by atoms with Crippen LogP contribution in [0.25, 0.3) is 10.9 Å². The molecule has 2 heterocycles. The van der Waals surface area contributed by atoms with Gasteiger partial charge in [-0.2, -0.15) is 4.91 Å². The summed E-state index contributed by atoms with van der Waals surface area (Å²) >= 11 is 0. The van der Waals surface area contributed by atoms with E-state index in [0.29, 0.717) is 18.5 Å². The molecule has 2 aliphatic rings. The molecular weight excluding hydrogens is 405 g/mol. The van der Waals surface area contributed by atoms with Gasteiger partial charge in [-0.15, -0.1) is 9.24 Å². The molecule has 0 amide bonds. The van der Waals surface area contributed by atoms with Crippen molar-refractivity contribution in [2.45, 2.75) is 38.3 Å². The molecule has 1 saturated carbocycles. The SMILES string of the molecule is COCC(N=O)C1CCN(c2c(P)cc3c(=O)c(C(=O)O)cn(C4CC4)c3c2C)C1. The molecular formula is C21H26N3O5P. The number of anilines is 1. The number of methoxy groups -OCH3 is 1. The number of pyridine rings is 1. The third-order valence-electron chi connectivity index (χ3n) is 6.28. The van der Waals surface area contributed by atoms with Crippen molar-refractivity contribution in [3.05, 3.63) is 38.5 Å². The van der Waals surface area contributed by atoms with E-state index in [1.165, 1.54) is 6.20 Å². The number of fused-ring (bicyclic) bond motifs is 1. The Morgan fingerprint density at radius 3 is 2.73 bits per heavy atom. The van der Waals surface area contributed by atoms with Gasteiger partial charge in [0, 0.05) is 49.4 Å². The molecule has 9 heteroatoms. The number of hydrogen-bond donors (Lipinski definition) is 1. The van der Waals surface area contributed by atoms with Gasteiger partial charge in [0.15, 0.2) is 0 Å². The Hall–Kier alpha value is -2.31. The van der Waals surface area contributed by atoms with Gasteiger partial charge in [-0.25, -0.2) is 4.79 Å². The van der Waals surface area contributed by atoms with Gasteiger partial charge in [-0.1, -0.05) is 5.18 Å². The van der Waals surface area contributed by atoms with E-state index < -0.39 is 11.4 Å². The van der Waals surface area contributed by atoms with Crippen LogP contribution in [0.2, 0.25) is 0 Å². The smallest absolute Gasteiger partial charge is 0.341 e. The first kappa shape index (κ1) is 20.9. The average Bonchev–Trinajstić information content (AvgIpc) is 3.44. The van der Waals surface area contributed by atoms with Gasteiger partial charge in [-0.3, -0.25) is 4.79 Å². The van der Waals surface area contributed by atoms with Crippen LogP contribution in [0.3, 0.4) is 0 Å². The number of carbonyl (C=O) groups is 1. The van der Waals surface area contributed by atoms with Crippen LogP contribution >= 0.6 is 9.24 Å². The molecule has 1 aliphatic carbocycles. The zero-order valence-corrected chi connectivity index (χ0v) is 18.3. The summed E-state index contributed by atoms with van der Waals surface area (Å²) in [5, 5.41) is 14.0. The number of aromatic nitrogens is 1. The Morgan fingerprint density at radius 1 is 1.40 bits per heavy atom. The second-order valence-electron chi connectivity index (χ2n) is 8.27. The lowest BCUT2D eigenvalue weighted by atomic mass is 10.0. The monoisotopic (exact) mass is 431 g/mol. The number of carboxylic acid groups (broad SMARTS) is 1. The van der Waals surface area contributed by atoms with Crippen molar-refractivity contribution in [2.75, 3.05) is 31.7 Å². The summed E-state index contributed by atoms with van der Waals surface area (Å²) in [5.41, 5.74) is 2.15. The third kappa shape index (κ3) is 3.52. The molecule has 0 spiro atoms. The number of ether oxygens (including phenoxy) is 1. The van der Waals surface area contributed by atoms with E-state index in [1.807, 2.05) is 11.5 Å². The first-order chi connectivity index (χ1) is 14.4. The van der Waals surface area contributed by atoms with Crippen LogP contribution in [-0.2, 0) is 4.74 Å². The largest absolute Gasteiger partial charge is 0.477 e. The predicted octanol–water partition coefficient (Wildman–Crippen LogP) is 2.45. The van der Waals surface area contributed by atoms with E-state index in [4.69, 9.17) is 4.74 Å². The number of aryl methyl sites for hydroxylation is 1. The lowest BCUT2D eigenvalue weighted by Crippen LogP contribution is -2.30. The summed E-state index contributed by atoms with van der Waals surface area (Å²) < 4.78 is 7.11. The number of nitrogens with zero attached hydrogens (tertiary/aromatic N) is 3. The number of rotatable bonds is 7. The summed E-state index contributed by atoms with van der Waals surface area (Å²) in [6, 6.07) is 1.63. The Bertz CT molecular complexity index is 1080. The number of aromatic carboxylic acids is 1. The maximum Gasteiger partial charge on any atom is 0.341 e. The van der Waals surface area contributed by atoms with Crippen LogP contribution in [-0.4, -0.2) is 48.5 Å². The fourth-order valence-electron chi connectivity index (χ4n) is 4.68. The summed E-state index contributed by atoms with van der Waals surface area (Å²) in [5.74, 6) is -1.08. The highest BCUT2D eigenvalue weighted by Gasteiger charge is 2.33. The minimum absolute atomic E-state index is 0.113. The van der Waals surface area contributed by atoms with Gasteiger partial charge < -0.3 is 19.3 Å². The first-order valence-corrected chi connectivity index (χ1v) is 10.7. The van der Waals surface area contributed by atoms with E-state index in [-0.39, 0.29) is 23.6 Å². The maximum atomic E-state index is 12.9. The van der Waals surface area contributed by atoms with Crippen molar-refractivity contribution in [2.24, 2.45) is 11.1 Å². The lowest BCUT2D eigenvalue weighted by Gasteiger charge is -2.26. The summed E-state index contributed by atoms with van der Waals surface area (Å²) in [4.78, 5) is 38.0. The van der Waals surface area contributed by atoms with E-state index >= 15 is 0 Å². The lowest BCUT2D eigenvalue weighted by molar-refractivity contribution is 0.0695. The summed E-state index contributed by atoms with van der Waals surface area (Å²) in [6.07, 6.45) is 4.30. The molecule has 2 aromatic rings. The highest BCUT2D eigenvalue weighted by Crippen LogP contribution is 2.40. The molecule has 3 unspecified atom stereocenters.